The molecule has 30 heavy (non-hydrogen) atoms. The lowest BCUT2D eigenvalue weighted by atomic mass is 10.0. The second-order valence-electron chi connectivity index (χ2n) is 7.74. The van der Waals surface area contributed by atoms with E-state index in [4.69, 9.17) is 9.15 Å². The van der Waals surface area contributed by atoms with Crippen molar-refractivity contribution in [1.29, 1.82) is 0 Å². The van der Waals surface area contributed by atoms with Crippen molar-refractivity contribution < 1.29 is 23.1 Å². The maximum atomic E-state index is 13.9. The SMILES string of the molecule is COc1ccc(CN2CCN(C(=O)[C@@H](NC(=O)c3ccco3)C(C)C)CC2)cc1F. The first kappa shape index (κ1) is 21.8. The number of furan rings is 1. The number of nitrogens with zero attached hydrogens (tertiary/aromatic N) is 2. The van der Waals surface area contributed by atoms with Gasteiger partial charge in [-0.2, -0.15) is 0 Å². The van der Waals surface area contributed by atoms with Crippen LogP contribution in [0.2, 0.25) is 0 Å². The van der Waals surface area contributed by atoms with E-state index >= 15 is 0 Å². The lowest BCUT2D eigenvalue weighted by Crippen LogP contribution is -2.56. The Morgan fingerprint density at radius 2 is 1.93 bits per heavy atom. The Bertz CT molecular complexity index is 861. The van der Waals surface area contributed by atoms with E-state index in [1.807, 2.05) is 19.9 Å². The van der Waals surface area contributed by atoms with E-state index < -0.39 is 11.9 Å². The predicted octanol–water partition coefficient (Wildman–Crippen LogP) is 2.53. The summed E-state index contributed by atoms with van der Waals surface area (Å²) in [6.45, 7) is 6.87. The van der Waals surface area contributed by atoms with E-state index in [0.717, 1.165) is 5.56 Å². The van der Waals surface area contributed by atoms with Crippen LogP contribution in [-0.4, -0.2) is 60.9 Å². The first-order valence-corrected chi connectivity index (χ1v) is 10.1. The zero-order valence-electron chi connectivity index (χ0n) is 17.6. The quantitative estimate of drug-likeness (QED) is 0.749. The van der Waals surface area contributed by atoms with Gasteiger partial charge in [0.2, 0.25) is 5.91 Å². The third kappa shape index (κ3) is 5.18. The van der Waals surface area contributed by atoms with Gasteiger partial charge in [-0.3, -0.25) is 14.5 Å². The Hall–Kier alpha value is -2.87. The van der Waals surface area contributed by atoms with Crippen LogP contribution in [0.5, 0.6) is 5.75 Å². The normalized spacial score (nSPS) is 15.8. The molecule has 3 rings (SSSR count). The Kier molecular flexibility index (Phi) is 7.10. The van der Waals surface area contributed by atoms with Crippen molar-refractivity contribution in [3.05, 3.63) is 53.7 Å². The fourth-order valence-electron chi connectivity index (χ4n) is 3.52. The monoisotopic (exact) mass is 417 g/mol. The van der Waals surface area contributed by atoms with Crippen LogP contribution in [0, 0.1) is 11.7 Å². The molecule has 0 spiro atoms. The number of benzene rings is 1. The van der Waals surface area contributed by atoms with Crippen molar-refractivity contribution in [2.24, 2.45) is 5.92 Å². The summed E-state index contributed by atoms with van der Waals surface area (Å²) < 4.78 is 24.0. The zero-order valence-corrected chi connectivity index (χ0v) is 17.6. The number of carbonyl (C=O) groups excluding carboxylic acids is 2. The summed E-state index contributed by atoms with van der Waals surface area (Å²) in [5.41, 5.74) is 0.860. The van der Waals surface area contributed by atoms with Crippen molar-refractivity contribution in [2.45, 2.75) is 26.4 Å². The van der Waals surface area contributed by atoms with Crippen LogP contribution in [0.1, 0.15) is 30.0 Å². The van der Waals surface area contributed by atoms with Crippen LogP contribution in [0.25, 0.3) is 0 Å². The highest BCUT2D eigenvalue weighted by Crippen LogP contribution is 2.19. The molecule has 0 radical (unpaired) electrons. The highest BCUT2D eigenvalue weighted by molar-refractivity contribution is 5.95. The molecule has 2 aromatic rings. The molecule has 0 unspecified atom stereocenters. The second kappa shape index (κ2) is 9.75. The Morgan fingerprint density at radius 1 is 1.20 bits per heavy atom. The fourth-order valence-corrected chi connectivity index (χ4v) is 3.52. The largest absolute Gasteiger partial charge is 0.494 e. The average molecular weight is 417 g/mol. The molecule has 2 heterocycles. The van der Waals surface area contributed by atoms with Crippen molar-refractivity contribution in [2.75, 3.05) is 33.3 Å². The summed E-state index contributed by atoms with van der Waals surface area (Å²) in [6.07, 6.45) is 1.43. The van der Waals surface area contributed by atoms with Gasteiger partial charge in [-0.1, -0.05) is 19.9 Å². The second-order valence-corrected chi connectivity index (χ2v) is 7.74. The number of hydrogen-bond donors (Lipinski definition) is 1. The van der Waals surface area contributed by atoms with E-state index in [1.165, 1.54) is 19.4 Å². The zero-order chi connectivity index (χ0) is 21.7. The number of rotatable bonds is 7. The minimum atomic E-state index is -0.621. The van der Waals surface area contributed by atoms with Gasteiger partial charge in [0.05, 0.1) is 13.4 Å². The van der Waals surface area contributed by atoms with Crippen LogP contribution in [0.3, 0.4) is 0 Å². The molecule has 0 bridgehead atoms. The summed E-state index contributed by atoms with van der Waals surface area (Å²) >= 11 is 0. The molecule has 1 saturated heterocycles. The van der Waals surface area contributed by atoms with Gasteiger partial charge in [0, 0.05) is 32.7 Å². The molecule has 8 heteroatoms. The van der Waals surface area contributed by atoms with Gasteiger partial charge in [0.1, 0.15) is 6.04 Å². The third-order valence-electron chi connectivity index (χ3n) is 5.27. The summed E-state index contributed by atoms with van der Waals surface area (Å²) in [4.78, 5) is 29.3. The molecule has 1 aromatic heterocycles. The summed E-state index contributed by atoms with van der Waals surface area (Å²) in [6, 6.07) is 7.53. The first-order valence-electron chi connectivity index (χ1n) is 10.1. The standard InChI is InChI=1S/C22H28FN3O4/c1-15(2)20(24-21(27)19-5-4-12-30-19)22(28)26-10-8-25(9-11-26)14-16-6-7-18(29-3)17(23)13-16/h4-7,12-13,15,20H,8-11,14H2,1-3H3,(H,24,27)/t20-/m0/s1. The summed E-state index contributed by atoms with van der Waals surface area (Å²) in [5, 5.41) is 2.79. The Labute approximate surface area is 175 Å². The van der Waals surface area contributed by atoms with Crippen molar-refractivity contribution in [3.8, 4) is 5.75 Å². The van der Waals surface area contributed by atoms with E-state index in [2.05, 4.69) is 10.2 Å². The molecular weight excluding hydrogens is 389 g/mol. The number of carbonyl (C=O) groups is 2. The number of amides is 2. The maximum Gasteiger partial charge on any atom is 0.287 e. The van der Waals surface area contributed by atoms with Gasteiger partial charge in [-0.25, -0.2) is 4.39 Å². The summed E-state index contributed by atoms with van der Waals surface area (Å²) in [7, 11) is 1.44. The predicted molar refractivity (Wildman–Crippen MR) is 110 cm³/mol. The molecular formula is C22H28FN3O4. The minimum Gasteiger partial charge on any atom is -0.494 e. The fraction of sp³-hybridized carbons (Fsp3) is 0.455. The molecule has 2 amide bonds. The van der Waals surface area contributed by atoms with Gasteiger partial charge in [-0.15, -0.1) is 0 Å². The number of piperazine rings is 1. The molecule has 1 aliphatic rings. The van der Waals surface area contributed by atoms with Gasteiger partial charge in [0.15, 0.2) is 17.3 Å². The van der Waals surface area contributed by atoms with E-state index in [1.54, 1.807) is 23.1 Å². The average Bonchev–Trinajstić information content (AvgIpc) is 3.27. The number of nitrogens with one attached hydrogen (secondary N) is 1. The molecule has 7 nitrogen and oxygen atoms in total. The molecule has 1 fully saturated rings. The van der Waals surface area contributed by atoms with Gasteiger partial charge < -0.3 is 19.4 Å². The topological polar surface area (TPSA) is 75.0 Å². The lowest BCUT2D eigenvalue weighted by molar-refractivity contribution is -0.136. The molecule has 0 saturated carbocycles. The lowest BCUT2D eigenvalue weighted by Gasteiger charge is -2.37. The highest BCUT2D eigenvalue weighted by Gasteiger charge is 2.31. The number of halogens is 1. The molecule has 1 aliphatic heterocycles. The van der Waals surface area contributed by atoms with E-state index in [-0.39, 0.29) is 29.2 Å². The molecule has 1 aromatic carbocycles. The van der Waals surface area contributed by atoms with Crippen LogP contribution in [0.4, 0.5) is 4.39 Å². The first-order chi connectivity index (χ1) is 14.4. The maximum absolute atomic E-state index is 13.9. The van der Waals surface area contributed by atoms with E-state index in [9.17, 15) is 14.0 Å². The van der Waals surface area contributed by atoms with Crippen LogP contribution >= 0.6 is 0 Å². The highest BCUT2D eigenvalue weighted by atomic mass is 19.1. The van der Waals surface area contributed by atoms with Crippen molar-refractivity contribution >= 4 is 11.8 Å². The third-order valence-corrected chi connectivity index (χ3v) is 5.27. The van der Waals surface area contributed by atoms with Gasteiger partial charge in [0.25, 0.3) is 5.91 Å². The van der Waals surface area contributed by atoms with Gasteiger partial charge in [-0.05, 0) is 35.7 Å². The molecule has 1 N–H and O–H groups in total. The van der Waals surface area contributed by atoms with Crippen molar-refractivity contribution in [3.63, 3.8) is 0 Å². The van der Waals surface area contributed by atoms with E-state index in [0.29, 0.717) is 32.7 Å². The minimum absolute atomic E-state index is 0.0586. The molecule has 0 aliphatic carbocycles. The summed E-state index contributed by atoms with van der Waals surface area (Å²) in [5.74, 6) is -0.518. The molecule has 162 valence electrons. The number of ether oxygens (including phenoxy) is 1. The number of methoxy groups -OCH3 is 1. The van der Waals surface area contributed by atoms with Crippen LogP contribution in [0.15, 0.2) is 41.0 Å². The van der Waals surface area contributed by atoms with Crippen LogP contribution < -0.4 is 10.1 Å². The number of hydrogen-bond acceptors (Lipinski definition) is 5. The van der Waals surface area contributed by atoms with Crippen molar-refractivity contribution in [1.82, 2.24) is 15.1 Å². The smallest absolute Gasteiger partial charge is 0.287 e. The Balaban J connectivity index is 1.55. The molecule has 1 atom stereocenters. The Morgan fingerprint density at radius 3 is 2.50 bits per heavy atom. The van der Waals surface area contributed by atoms with Gasteiger partial charge >= 0.3 is 0 Å². The van der Waals surface area contributed by atoms with Crippen LogP contribution in [-0.2, 0) is 11.3 Å².